The smallest absolute Gasteiger partial charge is 0.310 e. The van der Waals surface area contributed by atoms with Gasteiger partial charge < -0.3 is 5.11 Å². The molecule has 3 rings (SSSR count). The van der Waals surface area contributed by atoms with Gasteiger partial charge in [-0.15, -0.1) is 11.3 Å². The molecule has 0 fully saturated rings. The number of aliphatic carboxylic acids is 1. The second-order valence-electron chi connectivity index (χ2n) is 4.23. The van der Waals surface area contributed by atoms with Crippen molar-refractivity contribution in [1.29, 1.82) is 0 Å². The SMILES string of the molecule is O=C(O)Cc1nc2ccc(-c3ccccc3)cc2s1. The predicted octanol–water partition coefficient (Wildman–Crippen LogP) is 3.59. The number of benzene rings is 2. The van der Waals surface area contributed by atoms with Crippen LogP contribution in [0.5, 0.6) is 0 Å². The standard InChI is InChI=1S/C15H11NO2S/c17-15(18)9-14-16-12-7-6-11(8-13(12)19-14)10-4-2-1-3-5-10/h1-8H,9H2,(H,17,18). The van der Waals surface area contributed by atoms with Crippen LogP contribution in [-0.4, -0.2) is 16.1 Å². The Labute approximate surface area is 114 Å². The van der Waals surface area contributed by atoms with Crippen molar-refractivity contribution in [2.24, 2.45) is 0 Å². The molecule has 2 aromatic carbocycles. The molecule has 0 saturated carbocycles. The summed E-state index contributed by atoms with van der Waals surface area (Å²) in [5, 5.41) is 9.44. The Balaban J connectivity index is 2.03. The van der Waals surface area contributed by atoms with E-state index in [1.165, 1.54) is 11.3 Å². The lowest BCUT2D eigenvalue weighted by atomic mass is 10.1. The van der Waals surface area contributed by atoms with Gasteiger partial charge in [0.2, 0.25) is 0 Å². The van der Waals surface area contributed by atoms with Crippen molar-refractivity contribution < 1.29 is 9.90 Å². The number of nitrogens with zero attached hydrogens (tertiary/aromatic N) is 1. The first-order valence-corrected chi connectivity index (χ1v) is 6.71. The van der Waals surface area contributed by atoms with Crippen molar-refractivity contribution in [2.45, 2.75) is 6.42 Å². The van der Waals surface area contributed by atoms with Crippen molar-refractivity contribution in [3.05, 3.63) is 53.5 Å². The van der Waals surface area contributed by atoms with Gasteiger partial charge in [-0.05, 0) is 23.3 Å². The van der Waals surface area contributed by atoms with Crippen LogP contribution in [0.15, 0.2) is 48.5 Å². The van der Waals surface area contributed by atoms with Crippen LogP contribution in [0.1, 0.15) is 5.01 Å². The van der Waals surface area contributed by atoms with E-state index in [1.807, 2.05) is 30.3 Å². The number of hydrogen-bond donors (Lipinski definition) is 1. The molecule has 0 unspecified atom stereocenters. The summed E-state index contributed by atoms with van der Waals surface area (Å²) in [6.45, 7) is 0. The van der Waals surface area contributed by atoms with Gasteiger partial charge in [-0.2, -0.15) is 0 Å². The monoisotopic (exact) mass is 269 g/mol. The van der Waals surface area contributed by atoms with E-state index in [9.17, 15) is 4.79 Å². The number of carboxylic acids is 1. The molecule has 0 amide bonds. The molecule has 0 radical (unpaired) electrons. The number of aromatic nitrogens is 1. The minimum atomic E-state index is -0.845. The largest absolute Gasteiger partial charge is 0.481 e. The number of carboxylic acid groups (broad SMARTS) is 1. The fourth-order valence-corrected chi connectivity index (χ4v) is 2.99. The normalized spacial score (nSPS) is 10.7. The zero-order valence-electron chi connectivity index (χ0n) is 10.0. The number of fused-ring (bicyclic) bond motifs is 1. The van der Waals surface area contributed by atoms with Gasteiger partial charge in [-0.25, -0.2) is 4.98 Å². The Kier molecular flexibility index (Phi) is 3.01. The molecule has 1 N–H and O–H groups in total. The highest BCUT2D eigenvalue weighted by Gasteiger charge is 2.08. The summed E-state index contributed by atoms with van der Waals surface area (Å²) in [7, 11) is 0. The lowest BCUT2D eigenvalue weighted by Gasteiger charge is -2.00. The highest BCUT2D eigenvalue weighted by molar-refractivity contribution is 7.18. The number of carbonyl (C=O) groups is 1. The predicted molar refractivity (Wildman–Crippen MR) is 76.4 cm³/mol. The van der Waals surface area contributed by atoms with E-state index in [0.29, 0.717) is 5.01 Å². The Morgan fingerprint density at radius 2 is 1.89 bits per heavy atom. The van der Waals surface area contributed by atoms with Crippen LogP contribution in [-0.2, 0) is 11.2 Å². The molecule has 94 valence electrons. The maximum absolute atomic E-state index is 10.7. The molecule has 0 bridgehead atoms. The van der Waals surface area contributed by atoms with Gasteiger partial charge in [-0.1, -0.05) is 36.4 Å². The Bertz CT molecular complexity index is 734. The van der Waals surface area contributed by atoms with Gasteiger partial charge in [-0.3, -0.25) is 4.79 Å². The summed E-state index contributed by atoms with van der Waals surface area (Å²) >= 11 is 1.44. The molecule has 3 nitrogen and oxygen atoms in total. The summed E-state index contributed by atoms with van der Waals surface area (Å²) in [6.07, 6.45) is -0.0139. The Morgan fingerprint density at radius 1 is 1.11 bits per heavy atom. The number of hydrogen-bond acceptors (Lipinski definition) is 3. The molecular weight excluding hydrogens is 258 g/mol. The van der Waals surface area contributed by atoms with Crippen LogP contribution in [0.2, 0.25) is 0 Å². The van der Waals surface area contributed by atoms with Crippen LogP contribution in [0.3, 0.4) is 0 Å². The first-order valence-electron chi connectivity index (χ1n) is 5.89. The topological polar surface area (TPSA) is 50.2 Å². The van der Waals surface area contributed by atoms with Gasteiger partial charge >= 0.3 is 5.97 Å². The average molecular weight is 269 g/mol. The van der Waals surface area contributed by atoms with Gasteiger partial charge in [0.1, 0.15) is 5.01 Å². The number of rotatable bonds is 3. The van der Waals surface area contributed by atoms with Crippen LogP contribution < -0.4 is 0 Å². The molecule has 0 spiro atoms. The molecule has 0 aliphatic heterocycles. The van der Waals surface area contributed by atoms with E-state index in [0.717, 1.165) is 21.3 Å². The maximum Gasteiger partial charge on any atom is 0.310 e. The van der Waals surface area contributed by atoms with Gasteiger partial charge in [0.15, 0.2) is 0 Å². The van der Waals surface area contributed by atoms with Crippen molar-refractivity contribution >= 4 is 27.5 Å². The van der Waals surface area contributed by atoms with E-state index >= 15 is 0 Å². The summed E-state index contributed by atoms with van der Waals surface area (Å²) < 4.78 is 1.03. The third-order valence-electron chi connectivity index (χ3n) is 2.84. The van der Waals surface area contributed by atoms with Crippen LogP contribution >= 0.6 is 11.3 Å². The second kappa shape index (κ2) is 4.82. The van der Waals surface area contributed by atoms with Crippen molar-refractivity contribution in [2.75, 3.05) is 0 Å². The van der Waals surface area contributed by atoms with E-state index < -0.39 is 5.97 Å². The van der Waals surface area contributed by atoms with Crippen LogP contribution in [0.4, 0.5) is 0 Å². The fraction of sp³-hybridized carbons (Fsp3) is 0.0667. The Morgan fingerprint density at radius 3 is 2.63 bits per heavy atom. The molecule has 1 heterocycles. The zero-order valence-corrected chi connectivity index (χ0v) is 10.9. The van der Waals surface area contributed by atoms with Crippen molar-refractivity contribution in [3.8, 4) is 11.1 Å². The first kappa shape index (κ1) is 11.9. The lowest BCUT2D eigenvalue weighted by molar-refractivity contribution is -0.136. The van der Waals surface area contributed by atoms with E-state index in [1.54, 1.807) is 0 Å². The van der Waals surface area contributed by atoms with E-state index in [-0.39, 0.29) is 6.42 Å². The van der Waals surface area contributed by atoms with Crippen molar-refractivity contribution in [1.82, 2.24) is 4.98 Å². The van der Waals surface area contributed by atoms with Gasteiger partial charge in [0.25, 0.3) is 0 Å². The summed E-state index contributed by atoms with van der Waals surface area (Å²) in [5.41, 5.74) is 3.14. The molecule has 0 aliphatic rings. The highest BCUT2D eigenvalue weighted by atomic mass is 32.1. The molecule has 0 aliphatic carbocycles. The quantitative estimate of drug-likeness (QED) is 0.790. The molecule has 3 aromatic rings. The second-order valence-corrected chi connectivity index (χ2v) is 5.34. The molecule has 19 heavy (non-hydrogen) atoms. The highest BCUT2D eigenvalue weighted by Crippen LogP contribution is 2.28. The lowest BCUT2D eigenvalue weighted by Crippen LogP contribution is -1.98. The molecular formula is C15H11NO2S. The average Bonchev–Trinajstić information content (AvgIpc) is 2.79. The van der Waals surface area contributed by atoms with Gasteiger partial charge in [0, 0.05) is 0 Å². The van der Waals surface area contributed by atoms with E-state index in [4.69, 9.17) is 5.11 Å². The minimum absolute atomic E-state index is 0.0139. The number of thiazole rings is 1. The third-order valence-corrected chi connectivity index (χ3v) is 3.86. The summed E-state index contributed by atoms with van der Waals surface area (Å²) in [4.78, 5) is 15.0. The molecule has 0 atom stereocenters. The third kappa shape index (κ3) is 2.48. The van der Waals surface area contributed by atoms with E-state index in [2.05, 4.69) is 23.2 Å². The fourth-order valence-electron chi connectivity index (χ4n) is 1.99. The van der Waals surface area contributed by atoms with Crippen molar-refractivity contribution in [3.63, 3.8) is 0 Å². The molecule has 4 heteroatoms. The molecule has 0 saturated heterocycles. The van der Waals surface area contributed by atoms with Gasteiger partial charge in [0.05, 0.1) is 16.6 Å². The first-order chi connectivity index (χ1) is 9.22. The molecule has 1 aromatic heterocycles. The summed E-state index contributed by atoms with van der Waals surface area (Å²) in [5.74, 6) is -0.845. The maximum atomic E-state index is 10.7. The van der Waals surface area contributed by atoms with Crippen LogP contribution in [0, 0.1) is 0 Å². The Hall–Kier alpha value is -2.20. The minimum Gasteiger partial charge on any atom is -0.481 e. The zero-order chi connectivity index (χ0) is 13.2. The summed E-state index contributed by atoms with van der Waals surface area (Å²) in [6, 6.07) is 16.1. The van der Waals surface area contributed by atoms with Crippen LogP contribution in [0.25, 0.3) is 21.3 Å².